The normalized spacial score (nSPS) is 12.8. The summed E-state index contributed by atoms with van der Waals surface area (Å²) in [4.78, 5) is 12.6. The van der Waals surface area contributed by atoms with E-state index in [2.05, 4.69) is 19.1 Å². The van der Waals surface area contributed by atoms with Crippen LogP contribution in [0.1, 0.15) is 32.3 Å². The van der Waals surface area contributed by atoms with Crippen LogP contribution in [0.2, 0.25) is 0 Å². The van der Waals surface area contributed by atoms with Crippen LogP contribution in [0.3, 0.4) is 0 Å². The van der Waals surface area contributed by atoms with Crippen LogP contribution in [-0.2, 0) is 4.79 Å². The fraction of sp³-hybridized carbons (Fsp3) is 0.462. The number of rotatable bonds is 5. The van der Waals surface area contributed by atoms with Gasteiger partial charge in [0.25, 0.3) is 0 Å². The van der Waals surface area contributed by atoms with Crippen LogP contribution in [0.25, 0.3) is 0 Å². The van der Waals surface area contributed by atoms with Gasteiger partial charge in [0.1, 0.15) is 0 Å². The van der Waals surface area contributed by atoms with Crippen molar-refractivity contribution in [1.82, 2.24) is 0 Å². The molecule has 0 bridgehead atoms. The van der Waals surface area contributed by atoms with Gasteiger partial charge in [0.2, 0.25) is 5.24 Å². The first-order valence-corrected chi connectivity index (χ1v) is 6.84. The summed E-state index contributed by atoms with van der Waals surface area (Å²) in [5.41, 5.74) is 1.01. The van der Waals surface area contributed by atoms with Gasteiger partial charge in [-0.05, 0) is 41.0 Å². The van der Waals surface area contributed by atoms with Crippen LogP contribution in [0.5, 0.6) is 0 Å². The quantitative estimate of drug-likeness (QED) is 0.577. The number of thioether (sulfide) groups is 1. The summed E-state index contributed by atoms with van der Waals surface area (Å²) in [7, 11) is 0. The van der Waals surface area contributed by atoms with Gasteiger partial charge in [0.05, 0.1) is 5.92 Å². The molecule has 0 aliphatic rings. The van der Waals surface area contributed by atoms with Crippen LogP contribution in [0.4, 0.5) is 0 Å². The van der Waals surface area contributed by atoms with Gasteiger partial charge in [-0.2, -0.15) is 0 Å². The lowest BCUT2D eigenvalue weighted by Crippen LogP contribution is -2.13. The molecule has 0 N–H and O–H groups in total. The number of halogens is 1. The Morgan fingerprint density at radius 1 is 1.31 bits per heavy atom. The highest BCUT2D eigenvalue weighted by molar-refractivity contribution is 7.99. The molecular formula is C13H17ClOS. The first-order valence-electron chi connectivity index (χ1n) is 5.48. The van der Waals surface area contributed by atoms with Gasteiger partial charge in [-0.1, -0.05) is 32.9 Å². The standard InChI is InChI=1S/C13H17ClOS/c1-4-16-11-7-5-10(6-8-11)12(9(2)3)13(14)15/h5-9,12H,4H2,1-3H3. The lowest BCUT2D eigenvalue weighted by molar-refractivity contribution is -0.113. The molecular weight excluding hydrogens is 240 g/mol. The van der Waals surface area contributed by atoms with E-state index in [0.29, 0.717) is 0 Å². The average Bonchev–Trinajstić information content (AvgIpc) is 2.20. The molecule has 1 atom stereocenters. The highest BCUT2D eigenvalue weighted by atomic mass is 35.5. The number of benzene rings is 1. The van der Waals surface area contributed by atoms with Crippen molar-refractivity contribution in [3.05, 3.63) is 29.8 Å². The fourth-order valence-corrected chi connectivity index (χ4v) is 2.76. The maximum Gasteiger partial charge on any atom is 0.229 e. The summed E-state index contributed by atoms with van der Waals surface area (Å²) in [5, 5.41) is -0.272. The van der Waals surface area contributed by atoms with E-state index in [0.717, 1.165) is 11.3 Å². The van der Waals surface area contributed by atoms with Crippen LogP contribution in [0, 0.1) is 5.92 Å². The second-order valence-electron chi connectivity index (χ2n) is 4.03. The van der Waals surface area contributed by atoms with Crippen molar-refractivity contribution >= 4 is 28.6 Å². The third-order valence-electron chi connectivity index (χ3n) is 2.46. The van der Waals surface area contributed by atoms with Gasteiger partial charge in [-0.25, -0.2) is 0 Å². The Morgan fingerprint density at radius 2 is 1.88 bits per heavy atom. The molecule has 16 heavy (non-hydrogen) atoms. The van der Waals surface area contributed by atoms with Gasteiger partial charge >= 0.3 is 0 Å². The van der Waals surface area contributed by atoms with E-state index in [1.54, 1.807) is 11.8 Å². The SMILES string of the molecule is CCSc1ccc(C(C(=O)Cl)C(C)C)cc1. The van der Waals surface area contributed by atoms with E-state index in [1.807, 2.05) is 26.0 Å². The zero-order valence-electron chi connectivity index (χ0n) is 9.87. The highest BCUT2D eigenvalue weighted by Gasteiger charge is 2.22. The topological polar surface area (TPSA) is 17.1 Å². The Bertz CT molecular complexity index is 345. The highest BCUT2D eigenvalue weighted by Crippen LogP contribution is 2.28. The maximum absolute atomic E-state index is 11.4. The molecule has 0 aliphatic carbocycles. The predicted molar refractivity (Wildman–Crippen MR) is 71.3 cm³/mol. The molecule has 0 spiro atoms. The Balaban J connectivity index is 2.90. The minimum atomic E-state index is -0.272. The maximum atomic E-state index is 11.4. The number of hydrogen-bond acceptors (Lipinski definition) is 2. The molecule has 0 saturated carbocycles. The van der Waals surface area contributed by atoms with E-state index in [-0.39, 0.29) is 17.1 Å². The first kappa shape index (κ1) is 13.6. The number of hydrogen-bond donors (Lipinski definition) is 0. The van der Waals surface area contributed by atoms with E-state index in [1.165, 1.54) is 4.90 Å². The van der Waals surface area contributed by atoms with E-state index < -0.39 is 0 Å². The fourth-order valence-electron chi connectivity index (χ4n) is 1.72. The third-order valence-corrected chi connectivity index (χ3v) is 3.59. The van der Waals surface area contributed by atoms with E-state index in [4.69, 9.17) is 11.6 Å². The van der Waals surface area contributed by atoms with Gasteiger partial charge in [-0.3, -0.25) is 4.79 Å². The Labute approximate surface area is 107 Å². The summed E-state index contributed by atoms with van der Waals surface area (Å²) >= 11 is 7.42. The summed E-state index contributed by atoms with van der Waals surface area (Å²) in [6.45, 7) is 6.15. The predicted octanol–water partition coefficient (Wildman–Crippen LogP) is 4.30. The lowest BCUT2D eigenvalue weighted by Gasteiger charge is -2.17. The number of carbonyl (C=O) groups is 1. The van der Waals surface area contributed by atoms with Gasteiger partial charge in [0, 0.05) is 4.90 Å². The summed E-state index contributed by atoms with van der Waals surface area (Å²) in [6, 6.07) is 8.11. The average molecular weight is 257 g/mol. The van der Waals surface area contributed by atoms with E-state index in [9.17, 15) is 4.79 Å². The summed E-state index contributed by atoms with van der Waals surface area (Å²) < 4.78 is 0. The molecule has 0 fully saturated rings. The van der Waals surface area contributed by atoms with Crippen molar-refractivity contribution in [3.8, 4) is 0 Å². The van der Waals surface area contributed by atoms with Crippen LogP contribution in [0.15, 0.2) is 29.2 Å². The minimum Gasteiger partial charge on any atom is -0.281 e. The van der Waals surface area contributed by atoms with Crippen molar-refractivity contribution in [2.75, 3.05) is 5.75 Å². The number of carbonyl (C=O) groups excluding carboxylic acids is 1. The molecule has 0 saturated heterocycles. The second-order valence-corrected chi connectivity index (χ2v) is 5.74. The van der Waals surface area contributed by atoms with Gasteiger partial charge in [0.15, 0.2) is 0 Å². The van der Waals surface area contributed by atoms with Crippen molar-refractivity contribution in [2.45, 2.75) is 31.6 Å². The molecule has 0 amide bonds. The van der Waals surface area contributed by atoms with Crippen LogP contribution < -0.4 is 0 Å². The molecule has 1 aromatic rings. The van der Waals surface area contributed by atoms with Crippen molar-refractivity contribution in [3.63, 3.8) is 0 Å². The molecule has 1 rings (SSSR count). The largest absolute Gasteiger partial charge is 0.281 e. The Kier molecular flexibility index (Phi) is 5.36. The van der Waals surface area contributed by atoms with Gasteiger partial charge < -0.3 is 0 Å². The molecule has 0 aromatic heterocycles. The molecule has 1 unspecified atom stereocenters. The summed E-state index contributed by atoms with van der Waals surface area (Å²) in [6.07, 6.45) is 0. The zero-order valence-corrected chi connectivity index (χ0v) is 11.4. The molecule has 0 aliphatic heterocycles. The minimum absolute atomic E-state index is 0.192. The Hall–Kier alpha value is -0.470. The monoisotopic (exact) mass is 256 g/mol. The molecule has 0 heterocycles. The first-order chi connectivity index (χ1) is 7.56. The van der Waals surface area contributed by atoms with E-state index >= 15 is 0 Å². The second kappa shape index (κ2) is 6.31. The molecule has 88 valence electrons. The lowest BCUT2D eigenvalue weighted by atomic mass is 9.90. The van der Waals surface area contributed by atoms with Gasteiger partial charge in [-0.15, -0.1) is 11.8 Å². The van der Waals surface area contributed by atoms with Crippen LogP contribution in [-0.4, -0.2) is 11.0 Å². The van der Waals surface area contributed by atoms with Crippen molar-refractivity contribution < 1.29 is 4.79 Å². The van der Waals surface area contributed by atoms with Crippen LogP contribution >= 0.6 is 23.4 Å². The zero-order chi connectivity index (χ0) is 12.1. The summed E-state index contributed by atoms with van der Waals surface area (Å²) in [5.74, 6) is 1.10. The smallest absolute Gasteiger partial charge is 0.229 e. The molecule has 1 nitrogen and oxygen atoms in total. The van der Waals surface area contributed by atoms with Crippen molar-refractivity contribution in [2.24, 2.45) is 5.92 Å². The van der Waals surface area contributed by atoms with Crippen molar-refractivity contribution in [1.29, 1.82) is 0 Å². The molecule has 0 radical (unpaired) electrons. The molecule has 3 heteroatoms. The third kappa shape index (κ3) is 3.53. The molecule has 1 aromatic carbocycles. The Morgan fingerprint density at radius 3 is 2.25 bits per heavy atom.